The van der Waals surface area contributed by atoms with E-state index in [4.69, 9.17) is 22.1 Å². The van der Waals surface area contributed by atoms with Crippen LogP contribution in [0.3, 0.4) is 0 Å². The lowest BCUT2D eigenvalue weighted by Gasteiger charge is -2.05. The lowest BCUT2D eigenvalue weighted by molar-refractivity contribution is 1.30. The van der Waals surface area contributed by atoms with Crippen LogP contribution in [0.4, 0.5) is 5.69 Å². The number of halogens is 1. The molecule has 0 fully saturated rings. The van der Waals surface area contributed by atoms with E-state index in [9.17, 15) is 0 Å². The summed E-state index contributed by atoms with van der Waals surface area (Å²) < 4.78 is 0. The van der Waals surface area contributed by atoms with E-state index >= 15 is 0 Å². The Kier molecular flexibility index (Phi) is 3.68. The highest BCUT2D eigenvalue weighted by Gasteiger charge is 2.01. The number of rotatable bonds is 2. The van der Waals surface area contributed by atoms with Gasteiger partial charge in [-0.15, -0.1) is 0 Å². The number of nitriles is 2. The lowest BCUT2D eigenvalue weighted by atomic mass is 10.2. The molecule has 1 aromatic carbocycles. The monoisotopic (exact) mass is 218 g/mol. The Bertz CT molecular complexity index is 463. The van der Waals surface area contributed by atoms with Gasteiger partial charge in [0.25, 0.3) is 0 Å². The second kappa shape index (κ2) is 4.99. The van der Waals surface area contributed by atoms with E-state index in [1.54, 1.807) is 30.3 Å². The molecule has 0 aliphatic carbocycles. The molecule has 1 N–H and O–H groups in total. The predicted molar refractivity (Wildman–Crippen MR) is 58.5 cm³/mol. The molecule has 1 aromatic rings. The van der Waals surface area contributed by atoms with Gasteiger partial charge in [0.05, 0.1) is 5.69 Å². The zero-order valence-corrected chi connectivity index (χ0v) is 8.71. The van der Waals surface area contributed by atoms with E-state index in [2.05, 4.69) is 10.5 Å². The summed E-state index contributed by atoms with van der Waals surface area (Å²) >= 11 is 5.88. The Hall–Kier alpha value is -2.04. The fourth-order valence-corrected chi connectivity index (χ4v) is 1.09. The molecule has 0 amide bonds. The molecule has 0 radical (unpaired) electrons. The van der Waals surface area contributed by atoms with Gasteiger partial charge in [-0.25, -0.2) is 0 Å². The van der Waals surface area contributed by atoms with Crippen LogP contribution in [-0.4, -0.2) is 5.71 Å². The van der Waals surface area contributed by atoms with Crippen LogP contribution in [0.2, 0.25) is 5.02 Å². The SMILES string of the molecule is Cc1c(Cl)cccc1NN=C(C#N)C#N. The molecule has 1 rings (SSSR count). The van der Waals surface area contributed by atoms with Crippen molar-refractivity contribution in [3.63, 3.8) is 0 Å². The van der Waals surface area contributed by atoms with Crippen molar-refractivity contribution in [2.24, 2.45) is 5.10 Å². The first kappa shape index (κ1) is 11.0. The predicted octanol–water partition coefficient (Wildman–Crippen LogP) is 2.46. The molecular weight excluding hydrogens is 212 g/mol. The zero-order valence-electron chi connectivity index (χ0n) is 7.95. The molecule has 0 heterocycles. The maximum atomic E-state index is 8.46. The van der Waals surface area contributed by atoms with Gasteiger partial charge in [0.15, 0.2) is 0 Å². The summed E-state index contributed by atoms with van der Waals surface area (Å²) in [5.74, 6) is 0. The average Bonchev–Trinajstić information content (AvgIpc) is 2.25. The Balaban J connectivity index is 2.93. The summed E-state index contributed by atoms with van der Waals surface area (Å²) in [6, 6.07) is 8.57. The van der Waals surface area contributed by atoms with Crippen molar-refractivity contribution in [3.8, 4) is 12.1 Å². The molecule has 0 aromatic heterocycles. The Labute approximate surface area is 92.4 Å². The van der Waals surface area contributed by atoms with E-state index in [-0.39, 0.29) is 5.71 Å². The fraction of sp³-hybridized carbons (Fsp3) is 0.100. The standard InChI is InChI=1S/C10H7ClN4/c1-7-9(11)3-2-4-10(7)15-14-8(5-12)6-13/h2-4,15H,1H3. The number of benzene rings is 1. The summed E-state index contributed by atoms with van der Waals surface area (Å²) in [6.07, 6.45) is 0. The minimum atomic E-state index is -0.227. The highest BCUT2D eigenvalue weighted by atomic mass is 35.5. The summed E-state index contributed by atoms with van der Waals surface area (Å²) in [5, 5.41) is 21.1. The van der Waals surface area contributed by atoms with Crippen molar-refractivity contribution >= 4 is 23.0 Å². The first-order chi connectivity index (χ1) is 7.19. The van der Waals surface area contributed by atoms with Gasteiger partial charge in [-0.1, -0.05) is 17.7 Å². The van der Waals surface area contributed by atoms with Crippen LogP contribution in [0.25, 0.3) is 0 Å². The average molecular weight is 219 g/mol. The van der Waals surface area contributed by atoms with Crippen LogP contribution in [-0.2, 0) is 0 Å². The van der Waals surface area contributed by atoms with E-state index in [0.29, 0.717) is 10.7 Å². The van der Waals surface area contributed by atoms with E-state index in [1.165, 1.54) is 0 Å². The molecule has 5 heteroatoms. The minimum absolute atomic E-state index is 0.227. The molecule has 0 saturated carbocycles. The van der Waals surface area contributed by atoms with Crippen molar-refractivity contribution < 1.29 is 0 Å². The second-order valence-electron chi connectivity index (χ2n) is 2.71. The van der Waals surface area contributed by atoms with Gasteiger partial charge >= 0.3 is 0 Å². The molecule has 0 aliphatic rings. The van der Waals surface area contributed by atoms with Gasteiger partial charge in [-0.05, 0) is 24.6 Å². The third kappa shape index (κ3) is 2.70. The smallest absolute Gasteiger partial charge is 0.237 e. The molecule has 4 nitrogen and oxygen atoms in total. The van der Waals surface area contributed by atoms with Crippen LogP contribution in [0.1, 0.15) is 5.56 Å². The Morgan fingerprint density at radius 1 is 1.40 bits per heavy atom. The number of nitrogens with one attached hydrogen (secondary N) is 1. The van der Waals surface area contributed by atoms with Crippen LogP contribution >= 0.6 is 11.6 Å². The van der Waals surface area contributed by atoms with Gasteiger partial charge in [0.2, 0.25) is 5.71 Å². The van der Waals surface area contributed by atoms with Gasteiger partial charge in [0.1, 0.15) is 12.1 Å². The summed E-state index contributed by atoms with van der Waals surface area (Å²) in [4.78, 5) is 0. The molecule has 0 saturated heterocycles. The molecule has 0 aliphatic heterocycles. The second-order valence-corrected chi connectivity index (χ2v) is 3.12. The maximum Gasteiger partial charge on any atom is 0.237 e. The van der Waals surface area contributed by atoms with Gasteiger partial charge in [0, 0.05) is 5.02 Å². The number of anilines is 1. The van der Waals surface area contributed by atoms with Crippen LogP contribution in [0.5, 0.6) is 0 Å². The van der Waals surface area contributed by atoms with Crippen molar-refractivity contribution in [1.29, 1.82) is 10.5 Å². The number of hydrogen-bond donors (Lipinski definition) is 1. The number of hydrazone groups is 1. The summed E-state index contributed by atoms with van der Waals surface area (Å²) in [5.41, 5.74) is 3.88. The molecule has 0 unspecified atom stereocenters. The van der Waals surface area contributed by atoms with Gasteiger partial charge in [-0.3, -0.25) is 5.43 Å². The van der Waals surface area contributed by atoms with Crippen LogP contribution in [0.15, 0.2) is 23.3 Å². The largest absolute Gasteiger partial charge is 0.276 e. The molecular formula is C10H7ClN4. The first-order valence-electron chi connectivity index (χ1n) is 4.08. The zero-order chi connectivity index (χ0) is 11.3. The summed E-state index contributed by atoms with van der Waals surface area (Å²) in [6.45, 7) is 1.82. The molecule has 0 bridgehead atoms. The van der Waals surface area contributed by atoms with E-state index < -0.39 is 0 Å². The fourth-order valence-electron chi connectivity index (χ4n) is 0.920. The normalized spacial score (nSPS) is 8.53. The van der Waals surface area contributed by atoms with Crippen LogP contribution in [0, 0.1) is 29.6 Å². The Morgan fingerprint density at radius 2 is 2.07 bits per heavy atom. The lowest BCUT2D eigenvalue weighted by Crippen LogP contribution is -1.97. The highest BCUT2D eigenvalue weighted by molar-refractivity contribution is 6.31. The van der Waals surface area contributed by atoms with E-state index in [0.717, 1.165) is 5.56 Å². The molecule has 0 atom stereocenters. The quantitative estimate of drug-likeness (QED) is 0.612. The minimum Gasteiger partial charge on any atom is -0.276 e. The topological polar surface area (TPSA) is 72.0 Å². The van der Waals surface area contributed by atoms with Gasteiger partial charge in [-0.2, -0.15) is 15.6 Å². The third-order valence-corrected chi connectivity index (χ3v) is 2.18. The maximum absolute atomic E-state index is 8.46. The molecule has 0 spiro atoms. The third-order valence-electron chi connectivity index (χ3n) is 1.77. The van der Waals surface area contributed by atoms with Crippen molar-refractivity contribution in [2.45, 2.75) is 6.92 Å². The van der Waals surface area contributed by atoms with Crippen molar-refractivity contribution in [1.82, 2.24) is 0 Å². The van der Waals surface area contributed by atoms with E-state index in [1.807, 2.05) is 6.92 Å². The van der Waals surface area contributed by atoms with Crippen molar-refractivity contribution in [2.75, 3.05) is 5.43 Å². The number of nitrogens with zero attached hydrogens (tertiary/aromatic N) is 3. The van der Waals surface area contributed by atoms with Crippen LogP contribution < -0.4 is 5.43 Å². The Morgan fingerprint density at radius 3 is 2.67 bits per heavy atom. The first-order valence-corrected chi connectivity index (χ1v) is 4.46. The van der Waals surface area contributed by atoms with Gasteiger partial charge < -0.3 is 0 Å². The number of hydrogen-bond acceptors (Lipinski definition) is 4. The van der Waals surface area contributed by atoms with Crippen molar-refractivity contribution in [3.05, 3.63) is 28.8 Å². The molecule has 74 valence electrons. The highest BCUT2D eigenvalue weighted by Crippen LogP contribution is 2.22. The summed E-state index contributed by atoms with van der Waals surface area (Å²) in [7, 11) is 0. The molecule has 15 heavy (non-hydrogen) atoms.